The van der Waals surface area contributed by atoms with Gasteiger partial charge >= 0.3 is 5.69 Å². The molecule has 1 aromatic heterocycles. The summed E-state index contributed by atoms with van der Waals surface area (Å²) < 4.78 is 26.7. The summed E-state index contributed by atoms with van der Waals surface area (Å²) >= 11 is 0. The van der Waals surface area contributed by atoms with Crippen molar-refractivity contribution in [1.82, 2.24) is 19.9 Å². The topological polar surface area (TPSA) is 143 Å². The van der Waals surface area contributed by atoms with Gasteiger partial charge in [0.05, 0.1) is 11.5 Å². The van der Waals surface area contributed by atoms with Crippen molar-refractivity contribution in [2.75, 3.05) is 12.4 Å². The largest absolute Gasteiger partial charge is 0.383 e. The number of benzene rings is 1. The van der Waals surface area contributed by atoms with E-state index >= 15 is 0 Å². The predicted molar refractivity (Wildman–Crippen MR) is 73.1 cm³/mol. The molecular weight excluding hydrogens is 300 g/mol. The molecule has 0 aliphatic rings. The Balaban J connectivity index is 2.37. The summed E-state index contributed by atoms with van der Waals surface area (Å²) in [5.74, 6) is 0.297. The molecule has 0 saturated carbocycles. The molecule has 0 aliphatic carbocycles. The molecule has 3 N–H and O–H groups in total. The van der Waals surface area contributed by atoms with E-state index in [4.69, 9.17) is 0 Å². The molecule has 0 fully saturated rings. The third kappa shape index (κ3) is 3.14. The summed E-state index contributed by atoms with van der Waals surface area (Å²) in [5, 5.41) is 19.8. The van der Waals surface area contributed by atoms with E-state index in [1.807, 2.05) is 0 Å². The fourth-order valence-corrected chi connectivity index (χ4v) is 2.87. The van der Waals surface area contributed by atoms with Gasteiger partial charge < -0.3 is 5.32 Å². The van der Waals surface area contributed by atoms with E-state index in [0.29, 0.717) is 5.82 Å². The number of nitro benzene ring substituents is 1. The number of hydrogen-bond donors (Lipinski definition) is 3. The molecule has 0 radical (unpaired) electrons. The van der Waals surface area contributed by atoms with Gasteiger partial charge in [-0.2, -0.15) is 5.10 Å². The number of H-pyrrole nitrogens is 1. The van der Waals surface area contributed by atoms with Gasteiger partial charge in [0, 0.05) is 7.05 Å². The molecule has 10 nitrogen and oxygen atoms in total. The van der Waals surface area contributed by atoms with Gasteiger partial charge in [0.25, 0.3) is 0 Å². The molecule has 2 aromatic rings. The third-order valence-electron chi connectivity index (χ3n) is 2.63. The van der Waals surface area contributed by atoms with Crippen LogP contribution in [0.4, 0.5) is 11.4 Å². The number of nitrogens with one attached hydrogen (secondary N) is 3. The second-order valence-corrected chi connectivity index (χ2v) is 5.65. The van der Waals surface area contributed by atoms with E-state index in [1.54, 1.807) is 0 Å². The van der Waals surface area contributed by atoms with E-state index in [2.05, 4.69) is 25.2 Å². The first-order valence-corrected chi connectivity index (χ1v) is 7.23. The maximum atomic E-state index is 12.2. The SMILES string of the molecule is CNc1cccc(S(=O)(=O)NCc2ncn[nH]2)c1[N+](=O)[O-]. The maximum absolute atomic E-state index is 12.2. The molecule has 1 heterocycles. The summed E-state index contributed by atoms with van der Waals surface area (Å²) in [6.07, 6.45) is 1.23. The Morgan fingerprint density at radius 1 is 1.43 bits per heavy atom. The zero-order valence-corrected chi connectivity index (χ0v) is 11.7. The number of aromatic nitrogens is 3. The Kier molecular flexibility index (Phi) is 4.14. The number of anilines is 1. The molecule has 0 spiro atoms. The zero-order valence-electron chi connectivity index (χ0n) is 10.9. The molecule has 0 aliphatic heterocycles. The van der Waals surface area contributed by atoms with E-state index in [9.17, 15) is 18.5 Å². The maximum Gasteiger partial charge on any atom is 0.312 e. The minimum atomic E-state index is -4.06. The number of rotatable bonds is 6. The van der Waals surface area contributed by atoms with Crippen LogP contribution in [0.3, 0.4) is 0 Å². The third-order valence-corrected chi connectivity index (χ3v) is 4.07. The summed E-state index contributed by atoms with van der Waals surface area (Å²) in [7, 11) is -2.59. The van der Waals surface area contributed by atoms with Crippen LogP contribution in [0.25, 0.3) is 0 Å². The molecule has 11 heteroatoms. The van der Waals surface area contributed by atoms with Crippen molar-refractivity contribution in [3.8, 4) is 0 Å². The summed E-state index contributed by atoms with van der Waals surface area (Å²) in [6.45, 7) is -0.150. The highest BCUT2D eigenvalue weighted by Crippen LogP contribution is 2.31. The quantitative estimate of drug-likeness (QED) is 0.511. The van der Waals surface area contributed by atoms with Gasteiger partial charge in [0.15, 0.2) is 4.90 Å². The standard InChI is InChI=1S/C10H12N6O4S/c1-11-7-3-2-4-8(10(7)16(17)18)21(19,20)14-5-9-12-6-13-15-9/h2-4,6,11,14H,5H2,1H3,(H,12,13,15). The highest BCUT2D eigenvalue weighted by atomic mass is 32.2. The molecule has 1 aromatic carbocycles. The first kappa shape index (κ1) is 14.9. The number of sulfonamides is 1. The zero-order chi connectivity index (χ0) is 15.5. The Bertz CT molecular complexity index is 743. The second kappa shape index (κ2) is 5.85. The van der Waals surface area contributed by atoms with Crippen LogP contribution < -0.4 is 10.0 Å². The molecule has 0 bridgehead atoms. The van der Waals surface area contributed by atoms with E-state index < -0.39 is 25.5 Å². The minimum Gasteiger partial charge on any atom is -0.383 e. The fourth-order valence-electron chi connectivity index (χ4n) is 1.69. The number of hydrogen-bond acceptors (Lipinski definition) is 7. The Morgan fingerprint density at radius 2 is 2.19 bits per heavy atom. The van der Waals surface area contributed by atoms with E-state index in [1.165, 1.54) is 31.6 Å². The number of nitrogens with zero attached hydrogens (tertiary/aromatic N) is 3. The van der Waals surface area contributed by atoms with Crippen molar-refractivity contribution in [1.29, 1.82) is 0 Å². The molecule has 0 unspecified atom stereocenters. The van der Waals surface area contributed by atoms with Crippen molar-refractivity contribution in [3.63, 3.8) is 0 Å². The lowest BCUT2D eigenvalue weighted by Crippen LogP contribution is -2.25. The molecule has 0 atom stereocenters. The molecule has 112 valence electrons. The lowest BCUT2D eigenvalue weighted by Gasteiger charge is -2.08. The first-order chi connectivity index (χ1) is 9.95. The van der Waals surface area contributed by atoms with Gasteiger partial charge in [-0.05, 0) is 12.1 Å². The molecular formula is C10H12N6O4S. The smallest absolute Gasteiger partial charge is 0.312 e. The van der Waals surface area contributed by atoms with Gasteiger partial charge in [-0.1, -0.05) is 6.07 Å². The average molecular weight is 312 g/mol. The Morgan fingerprint density at radius 3 is 2.76 bits per heavy atom. The van der Waals surface area contributed by atoms with Crippen LogP contribution in [0.5, 0.6) is 0 Å². The normalized spacial score (nSPS) is 11.3. The van der Waals surface area contributed by atoms with Crippen LogP contribution in [0, 0.1) is 10.1 Å². The van der Waals surface area contributed by atoms with Crippen LogP contribution in [-0.4, -0.2) is 35.6 Å². The summed E-state index contributed by atoms with van der Waals surface area (Å²) in [4.78, 5) is 13.7. The molecule has 0 amide bonds. The lowest BCUT2D eigenvalue weighted by molar-refractivity contribution is -0.386. The summed E-state index contributed by atoms with van der Waals surface area (Å²) in [6, 6.07) is 4.01. The number of nitro groups is 1. The van der Waals surface area contributed by atoms with Crippen molar-refractivity contribution >= 4 is 21.4 Å². The first-order valence-electron chi connectivity index (χ1n) is 5.75. The van der Waals surface area contributed by atoms with Crippen LogP contribution in [0.2, 0.25) is 0 Å². The van der Waals surface area contributed by atoms with E-state index in [-0.39, 0.29) is 12.2 Å². The number of aromatic amines is 1. The van der Waals surface area contributed by atoms with E-state index in [0.717, 1.165) is 0 Å². The second-order valence-electron chi connectivity index (χ2n) is 3.92. The van der Waals surface area contributed by atoms with Gasteiger partial charge in [-0.25, -0.2) is 18.1 Å². The summed E-state index contributed by atoms with van der Waals surface area (Å²) in [5.41, 5.74) is -0.396. The minimum absolute atomic E-state index is 0.113. The van der Waals surface area contributed by atoms with Crippen LogP contribution in [0.15, 0.2) is 29.4 Å². The fraction of sp³-hybridized carbons (Fsp3) is 0.200. The number of para-hydroxylation sites is 1. The Hall–Kier alpha value is -2.53. The molecule has 21 heavy (non-hydrogen) atoms. The Labute approximate surface area is 119 Å². The van der Waals surface area contributed by atoms with Crippen molar-refractivity contribution < 1.29 is 13.3 Å². The highest BCUT2D eigenvalue weighted by molar-refractivity contribution is 7.89. The van der Waals surface area contributed by atoms with Gasteiger partial charge in [0.1, 0.15) is 17.8 Å². The monoisotopic (exact) mass is 312 g/mol. The molecule has 0 saturated heterocycles. The van der Waals surface area contributed by atoms with Gasteiger partial charge in [-0.15, -0.1) is 0 Å². The predicted octanol–water partition coefficient (Wildman–Crippen LogP) is 0.233. The molecule has 2 rings (SSSR count). The van der Waals surface area contributed by atoms with Crippen LogP contribution in [0.1, 0.15) is 5.82 Å². The van der Waals surface area contributed by atoms with Crippen molar-refractivity contribution in [2.45, 2.75) is 11.4 Å². The van der Waals surface area contributed by atoms with Crippen LogP contribution in [-0.2, 0) is 16.6 Å². The highest BCUT2D eigenvalue weighted by Gasteiger charge is 2.28. The van der Waals surface area contributed by atoms with Crippen LogP contribution >= 0.6 is 0 Å². The van der Waals surface area contributed by atoms with Gasteiger partial charge in [-0.3, -0.25) is 15.2 Å². The average Bonchev–Trinajstić information content (AvgIpc) is 2.97. The van der Waals surface area contributed by atoms with Crippen molar-refractivity contribution in [3.05, 3.63) is 40.5 Å². The van der Waals surface area contributed by atoms with Crippen molar-refractivity contribution in [2.24, 2.45) is 0 Å². The van der Waals surface area contributed by atoms with Gasteiger partial charge in [0.2, 0.25) is 10.0 Å². The lowest BCUT2D eigenvalue weighted by atomic mass is 10.3.